The average molecular weight is 300 g/mol. The third-order valence-corrected chi connectivity index (χ3v) is 5.10. The maximum Gasteiger partial charge on any atom is 0.199 e. The lowest BCUT2D eigenvalue weighted by molar-refractivity contribution is 0.218. The van der Waals surface area contributed by atoms with Gasteiger partial charge in [0.15, 0.2) is 10.6 Å². The van der Waals surface area contributed by atoms with Gasteiger partial charge in [0.2, 0.25) is 0 Å². The molecule has 106 valence electrons. The second-order valence-corrected chi connectivity index (χ2v) is 6.77. The van der Waals surface area contributed by atoms with Gasteiger partial charge < -0.3 is 5.11 Å². The van der Waals surface area contributed by atoms with Gasteiger partial charge in [-0.05, 0) is 37.2 Å². The fourth-order valence-corrected chi connectivity index (χ4v) is 3.77. The van der Waals surface area contributed by atoms with Crippen LogP contribution in [0.15, 0.2) is 0 Å². The summed E-state index contributed by atoms with van der Waals surface area (Å²) in [5.41, 5.74) is 0. The summed E-state index contributed by atoms with van der Waals surface area (Å²) in [4.78, 5) is 2.40. The highest BCUT2D eigenvalue weighted by Gasteiger charge is 2.28. The summed E-state index contributed by atoms with van der Waals surface area (Å²) in [6.07, 6.45) is 3.55. The zero-order valence-electron chi connectivity index (χ0n) is 11.0. The van der Waals surface area contributed by atoms with Crippen molar-refractivity contribution in [3.8, 4) is 0 Å². The summed E-state index contributed by atoms with van der Waals surface area (Å²) in [7, 11) is 0. The molecular formula is C12H20N4OS2. The van der Waals surface area contributed by atoms with E-state index in [2.05, 4.69) is 10.00 Å². The summed E-state index contributed by atoms with van der Waals surface area (Å²) in [6.45, 7) is 2.94. The molecule has 0 amide bonds. The van der Waals surface area contributed by atoms with Crippen LogP contribution in [0.1, 0.15) is 31.1 Å². The van der Waals surface area contributed by atoms with E-state index >= 15 is 0 Å². The molecule has 1 aromatic heterocycles. The van der Waals surface area contributed by atoms with Crippen molar-refractivity contribution < 1.29 is 5.11 Å². The van der Waals surface area contributed by atoms with Crippen LogP contribution >= 0.6 is 24.0 Å². The third kappa shape index (κ3) is 3.04. The van der Waals surface area contributed by atoms with Crippen molar-refractivity contribution in [2.24, 2.45) is 0 Å². The fraction of sp³-hybridized carbons (Fsp3) is 0.833. The maximum absolute atomic E-state index is 9.42. The quantitative estimate of drug-likeness (QED) is 0.857. The molecule has 5 nitrogen and oxygen atoms in total. The Kier molecular flexibility index (Phi) is 4.26. The smallest absolute Gasteiger partial charge is 0.199 e. The number of hydrogen-bond donors (Lipinski definition) is 1. The van der Waals surface area contributed by atoms with Gasteiger partial charge in [-0.3, -0.25) is 9.47 Å². The molecule has 1 N–H and O–H groups in total. The average Bonchev–Trinajstić information content (AvgIpc) is 3.21. The summed E-state index contributed by atoms with van der Waals surface area (Å²) < 4.78 is 4.69. The van der Waals surface area contributed by atoms with Crippen molar-refractivity contribution in [3.05, 3.63) is 10.6 Å². The highest BCUT2D eigenvalue weighted by Crippen LogP contribution is 2.36. The normalized spacial score (nSPS) is 21.5. The minimum atomic E-state index is -0.0248. The van der Waals surface area contributed by atoms with Gasteiger partial charge in [0.1, 0.15) is 6.61 Å². The van der Waals surface area contributed by atoms with Gasteiger partial charge in [0.25, 0.3) is 0 Å². The molecule has 19 heavy (non-hydrogen) atoms. The molecular weight excluding hydrogens is 280 g/mol. The molecule has 0 bridgehead atoms. The van der Waals surface area contributed by atoms with E-state index in [9.17, 15) is 5.11 Å². The Bertz CT molecular complexity index is 486. The predicted octanol–water partition coefficient (Wildman–Crippen LogP) is 1.64. The number of aliphatic hydroxyl groups excluding tert-OH is 1. The van der Waals surface area contributed by atoms with E-state index < -0.39 is 0 Å². The topological polar surface area (TPSA) is 46.2 Å². The molecule has 0 unspecified atom stereocenters. The number of hydrogen-bond acceptors (Lipinski definition) is 5. The van der Waals surface area contributed by atoms with Crippen LogP contribution in [-0.2, 0) is 13.3 Å². The molecule has 2 heterocycles. The fourth-order valence-electron chi connectivity index (χ4n) is 2.49. The van der Waals surface area contributed by atoms with Crippen molar-refractivity contribution in [1.29, 1.82) is 0 Å². The first-order valence-corrected chi connectivity index (χ1v) is 8.45. The van der Waals surface area contributed by atoms with Crippen molar-refractivity contribution in [2.45, 2.75) is 38.6 Å². The van der Waals surface area contributed by atoms with Crippen molar-refractivity contribution >= 4 is 24.0 Å². The molecule has 2 aliphatic rings. The Morgan fingerprint density at radius 3 is 2.89 bits per heavy atom. The summed E-state index contributed by atoms with van der Waals surface area (Å²) in [5, 5.41) is 13.9. The van der Waals surface area contributed by atoms with Crippen LogP contribution in [0.3, 0.4) is 0 Å². The van der Waals surface area contributed by atoms with Crippen LogP contribution < -0.4 is 0 Å². The van der Waals surface area contributed by atoms with E-state index in [0.717, 1.165) is 43.2 Å². The van der Waals surface area contributed by atoms with Crippen LogP contribution in [-0.4, -0.2) is 48.9 Å². The number of thioether (sulfide) groups is 1. The molecule has 1 saturated heterocycles. The molecule has 0 aromatic carbocycles. The summed E-state index contributed by atoms with van der Waals surface area (Å²) in [5.74, 6) is 3.15. The molecule has 1 aromatic rings. The number of rotatable bonds is 4. The van der Waals surface area contributed by atoms with E-state index in [0.29, 0.717) is 6.04 Å². The second-order valence-electron chi connectivity index (χ2n) is 5.18. The van der Waals surface area contributed by atoms with Crippen LogP contribution in [0.4, 0.5) is 0 Å². The van der Waals surface area contributed by atoms with E-state index in [-0.39, 0.29) is 6.61 Å². The maximum atomic E-state index is 9.42. The standard InChI is InChI=1S/C12H20N4OS2/c17-8-11-13-15(12(18)16(11)10-2-3-10)9-14-4-1-6-19-7-5-14/h10,17H,1-9H2. The molecule has 1 aliphatic heterocycles. The van der Waals surface area contributed by atoms with E-state index in [1.807, 2.05) is 21.0 Å². The van der Waals surface area contributed by atoms with Gasteiger partial charge in [-0.25, -0.2) is 4.68 Å². The first-order valence-electron chi connectivity index (χ1n) is 6.89. The number of nitrogens with zero attached hydrogens (tertiary/aromatic N) is 4. The Labute approximate surface area is 122 Å². The molecule has 0 atom stereocenters. The lowest BCUT2D eigenvalue weighted by Gasteiger charge is -2.18. The van der Waals surface area contributed by atoms with Gasteiger partial charge in [0, 0.05) is 24.9 Å². The Morgan fingerprint density at radius 1 is 1.32 bits per heavy atom. The Morgan fingerprint density at radius 2 is 2.16 bits per heavy atom. The number of aliphatic hydroxyl groups is 1. The second kappa shape index (κ2) is 5.95. The van der Waals surface area contributed by atoms with Gasteiger partial charge >= 0.3 is 0 Å². The van der Waals surface area contributed by atoms with E-state index in [4.69, 9.17) is 12.2 Å². The molecule has 3 rings (SSSR count). The minimum Gasteiger partial charge on any atom is -0.388 e. The van der Waals surface area contributed by atoms with Gasteiger partial charge in [-0.2, -0.15) is 16.9 Å². The van der Waals surface area contributed by atoms with E-state index in [1.54, 1.807) is 0 Å². The summed E-state index contributed by atoms with van der Waals surface area (Å²) in [6, 6.07) is 0.475. The Hall–Kier alpha value is -0.370. The van der Waals surface area contributed by atoms with Crippen LogP contribution in [0, 0.1) is 4.77 Å². The molecule has 7 heteroatoms. The van der Waals surface area contributed by atoms with Gasteiger partial charge in [0.05, 0.1) is 6.67 Å². The van der Waals surface area contributed by atoms with Gasteiger partial charge in [-0.15, -0.1) is 0 Å². The zero-order chi connectivity index (χ0) is 13.2. The predicted molar refractivity (Wildman–Crippen MR) is 78.8 cm³/mol. The van der Waals surface area contributed by atoms with Gasteiger partial charge in [-0.1, -0.05) is 0 Å². The first kappa shape index (κ1) is 13.6. The minimum absolute atomic E-state index is 0.0248. The van der Waals surface area contributed by atoms with Crippen molar-refractivity contribution in [1.82, 2.24) is 19.2 Å². The first-order chi connectivity index (χ1) is 9.29. The lowest BCUT2D eigenvalue weighted by atomic mass is 10.4. The van der Waals surface area contributed by atoms with Crippen LogP contribution in [0.25, 0.3) is 0 Å². The molecule has 2 fully saturated rings. The molecule has 1 aliphatic carbocycles. The SMILES string of the molecule is OCc1nn(CN2CCCSCC2)c(=S)n1C1CC1. The van der Waals surface area contributed by atoms with Crippen molar-refractivity contribution in [3.63, 3.8) is 0 Å². The lowest BCUT2D eigenvalue weighted by Crippen LogP contribution is -2.29. The van der Waals surface area contributed by atoms with E-state index in [1.165, 1.54) is 17.9 Å². The van der Waals surface area contributed by atoms with Crippen LogP contribution in [0.2, 0.25) is 0 Å². The molecule has 1 saturated carbocycles. The zero-order valence-corrected chi connectivity index (χ0v) is 12.6. The Balaban J connectivity index is 1.78. The largest absolute Gasteiger partial charge is 0.388 e. The van der Waals surface area contributed by atoms with Crippen LogP contribution in [0.5, 0.6) is 0 Å². The summed E-state index contributed by atoms with van der Waals surface area (Å²) >= 11 is 7.54. The molecule has 0 radical (unpaired) electrons. The van der Waals surface area contributed by atoms with Crippen molar-refractivity contribution in [2.75, 3.05) is 24.6 Å². The number of aromatic nitrogens is 3. The third-order valence-electron chi connectivity index (χ3n) is 3.64. The molecule has 0 spiro atoms. The highest BCUT2D eigenvalue weighted by molar-refractivity contribution is 7.99. The monoisotopic (exact) mass is 300 g/mol. The highest BCUT2D eigenvalue weighted by atomic mass is 32.2.